The van der Waals surface area contributed by atoms with E-state index in [1.807, 2.05) is 11.3 Å². The topological polar surface area (TPSA) is 37.8 Å². The maximum Gasteiger partial charge on any atom is 0.142 e. The maximum absolute atomic E-state index is 4.49. The van der Waals surface area contributed by atoms with Gasteiger partial charge < -0.3 is 5.32 Å². The number of rotatable bonds is 2. The smallest absolute Gasteiger partial charge is 0.142 e. The molecule has 3 nitrogen and oxygen atoms in total. The molecule has 3 aromatic rings. The van der Waals surface area contributed by atoms with Gasteiger partial charge in [-0.15, -0.1) is 23.7 Å². The summed E-state index contributed by atoms with van der Waals surface area (Å²) < 4.78 is 1.24. The first-order chi connectivity index (χ1) is 10.3. The van der Waals surface area contributed by atoms with Crippen molar-refractivity contribution >= 4 is 68.1 Å². The van der Waals surface area contributed by atoms with Crippen LogP contribution in [0.4, 0.5) is 11.5 Å². The second-order valence-corrected chi connectivity index (χ2v) is 7.57. The van der Waals surface area contributed by atoms with Crippen LogP contribution in [0.25, 0.3) is 10.2 Å². The number of aromatic nitrogens is 2. The van der Waals surface area contributed by atoms with Gasteiger partial charge in [-0.25, -0.2) is 9.97 Å². The third-order valence-corrected chi connectivity index (χ3v) is 5.78. The molecule has 0 saturated heterocycles. The Bertz CT molecular complexity index is 801. The van der Waals surface area contributed by atoms with Gasteiger partial charge in [-0.1, -0.05) is 0 Å². The predicted molar refractivity (Wildman–Crippen MR) is 104 cm³/mol. The van der Waals surface area contributed by atoms with Gasteiger partial charge in [0.25, 0.3) is 0 Å². The molecule has 0 atom stereocenters. The molecule has 6 heteroatoms. The molecular formula is C16H15ClIN3S. The molecule has 114 valence electrons. The molecule has 2 heterocycles. The molecule has 0 radical (unpaired) electrons. The summed E-state index contributed by atoms with van der Waals surface area (Å²) in [5, 5.41) is 4.69. The zero-order valence-electron chi connectivity index (χ0n) is 11.8. The quantitative estimate of drug-likeness (QED) is 0.543. The number of anilines is 2. The first kappa shape index (κ1) is 16.0. The summed E-state index contributed by atoms with van der Waals surface area (Å²) in [4.78, 5) is 11.6. The van der Waals surface area contributed by atoms with E-state index in [4.69, 9.17) is 0 Å². The van der Waals surface area contributed by atoms with Crippen molar-refractivity contribution < 1.29 is 0 Å². The van der Waals surface area contributed by atoms with Crippen LogP contribution in [0.3, 0.4) is 0 Å². The zero-order valence-corrected chi connectivity index (χ0v) is 15.6. The van der Waals surface area contributed by atoms with Crippen molar-refractivity contribution in [1.82, 2.24) is 9.97 Å². The summed E-state index contributed by atoms with van der Waals surface area (Å²) in [6.07, 6.45) is 6.59. The van der Waals surface area contributed by atoms with Crippen LogP contribution >= 0.6 is 46.3 Å². The fourth-order valence-electron chi connectivity index (χ4n) is 2.85. The van der Waals surface area contributed by atoms with Gasteiger partial charge in [0.1, 0.15) is 17.0 Å². The fourth-order valence-corrected chi connectivity index (χ4v) is 4.44. The summed E-state index contributed by atoms with van der Waals surface area (Å²) in [5.41, 5.74) is 2.54. The lowest BCUT2D eigenvalue weighted by atomic mass is 9.97. The van der Waals surface area contributed by atoms with Gasteiger partial charge >= 0.3 is 0 Å². The highest BCUT2D eigenvalue weighted by Crippen LogP contribution is 2.38. The van der Waals surface area contributed by atoms with Gasteiger partial charge in [0.15, 0.2) is 0 Å². The summed E-state index contributed by atoms with van der Waals surface area (Å²) in [6.45, 7) is 0. The van der Waals surface area contributed by atoms with Gasteiger partial charge in [-0.2, -0.15) is 0 Å². The number of fused-ring (bicyclic) bond motifs is 3. The highest BCUT2D eigenvalue weighted by Gasteiger charge is 2.19. The first-order valence-corrected chi connectivity index (χ1v) is 8.98. The fraction of sp³-hybridized carbons (Fsp3) is 0.250. The molecule has 1 aromatic carbocycles. The molecule has 0 amide bonds. The van der Waals surface area contributed by atoms with Gasteiger partial charge in [0.2, 0.25) is 0 Å². The predicted octanol–water partition coefficient (Wildman–Crippen LogP) is 5.34. The van der Waals surface area contributed by atoms with E-state index in [0.29, 0.717) is 0 Å². The Kier molecular flexibility index (Phi) is 4.84. The lowest BCUT2D eigenvalue weighted by Crippen LogP contribution is -2.01. The molecule has 1 aliphatic carbocycles. The molecular weight excluding hydrogens is 429 g/mol. The van der Waals surface area contributed by atoms with Gasteiger partial charge in [-0.3, -0.25) is 0 Å². The number of halogens is 2. The highest BCUT2D eigenvalue weighted by atomic mass is 127. The third kappa shape index (κ3) is 2.94. The van der Waals surface area contributed by atoms with Gasteiger partial charge in [0.05, 0.1) is 5.39 Å². The Morgan fingerprint density at radius 1 is 1.05 bits per heavy atom. The van der Waals surface area contributed by atoms with E-state index in [9.17, 15) is 0 Å². The SMILES string of the molecule is Cl.Ic1ccc(Nc2ncnc3sc4c(c23)CCCC4)cc1. The Hall–Kier alpha value is -0.920. The molecule has 4 rings (SSSR count). The lowest BCUT2D eigenvalue weighted by Gasteiger charge is -2.12. The minimum atomic E-state index is 0. The van der Waals surface area contributed by atoms with Crippen molar-refractivity contribution in [3.63, 3.8) is 0 Å². The molecule has 0 aliphatic heterocycles. The largest absolute Gasteiger partial charge is 0.340 e. The van der Waals surface area contributed by atoms with E-state index in [2.05, 4.69) is 62.1 Å². The Balaban J connectivity index is 0.00000144. The van der Waals surface area contributed by atoms with Gasteiger partial charge in [-0.05, 0) is 78.1 Å². The average Bonchev–Trinajstić information content (AvgIpc) is 2.89. The molecule has 0 unspecified atom stereocenters. The van der Waals surface area contributed by atoms with E-state index in [-0.39, 0.29) is 12.4 Å². The summed E-state index contributed by atoms with van der Waals surface area (Å²) in [5.74, 6) is 0.945. The van der Waals surface area contributed by atoms with Crippen molar-refractivity contribution in [2.45, 2.75) is 25.7 Å². The number of aryl methyl sites for hydroxylation is 2. The van der Waals surface area contributed by atoms with Crippen LogP contribution in [0.5, 0.6) is 0 Å². The Morgan fingerprint density at radius 2 is 1.82 bits per heavy atom. The van der Waals surface area contributed by atoms with Crippen LogP contribution in [0.1, 0.15) is 23.3 Å². The molecule has 0 saturated carbocycles. The average molecular weight is 444 g/mol. The number of benzene rings is 1. The number of hydrogen-bond acceptors (Lipinski definition) is 4. The Labute approximate surface area is 153 Å². The van der Waals surface area contributed by atoms with E-state index < -0.39 is 0 Å². The minimum absolute atomic E-state index is 0. The van der Waals surface area contributed by atoms with Crippen LogP contribution in [0.2, 0.25) is 0 Å². The lowest BCUT2D eigenvalue weighted by molar-refractivity contribution is 0.700. The van der Waals surface area contributed by atoms with Crippen LogP contribution in [0, 0.1) is 3.57 Å². The molecule has 22 heavy (non-hydrogen) atoms. The molecule has 1 aliphatic rings. The number of thiophene rings is 1. The second-order valence-electron chi connectivity index (χ2n) is 5.25. The summed E-state index contributed by atoms with van der Waals surface area (Å²) in [6, 6.07) is 8.39. The summed E-state index contributed by atoms with van der Waals surface area (Å²) in [7, 11) is 0. The number of nitrogens with one attached hydrogen (secondary N) is 1. The van der Waals surface area contributed by atoms with Crippen molar-refractivity contribution in [3.05, 3.63) is 44.6 Å². The molecule has 2 aromatic heterocycles. The molecule has 0 spiro atoms. The van der Waals surface area contributed by atoms with Crippen LogP contribution < -0.4 is 5.32 Å². The first-order valence-electron chi connectivity index (χ1n) is 7.09. The van der Waals surface area contributed by atoms with E-state index >= 15 is 0 Å². The monoisotopic (exact) mass is 443 g/mol. The van der Waals surface area contributed by atoms with E-state index in [1.54, 1.807) is 6.33 Å². The molecule has 0 fully saturated rings. The van der Waals surface area contributed by atoms with E-state index in [1.165, 1.54) is 38.7 Å². The molecule has 0 bridgehead atoms. The number of nitrogens with zero attached hydrogens (tertiary/aromatic N) is 2. The zero-order chi connectivity index (χ0) is 14.2. The highest BCUT2D eigenvalue weighted by molar-refractivity contribution is 14.1. The van der Waals surface area contributed by atoms with Crippen molar-refractivity contribution in [2.75, 3.05) is 5.32 Å². The van der Waals surface area contributed by atoms with Gasteiger partial charge in [0, 0.05) is 14.1 Å². The van der Waals surface area contributed by atoms with Crippen LogP contribution in [0.15, 0.2) is 30.6 Å². The molecule has 1 N–H and O–H groups in total. The minimum Gasteiger partial charge on any atom is -0.340 e. The second kappa shape index (κ2) is 6.68. The van der Waals surface area contributed by atoms with Crippen molar-refractivity contribution in [3.8, 4) is 0 Å². The standard InChI is InChI=1S/C16H14IN3S.ClH/c17-10-5-7-11(8-6-10)20-15-14-12-3-1-2-4-13(12)21-16(14)19-9-18-15;/h5-9H,1-4H2,(H,18,19,20);1H. The van der Waals surface area contributed by atoms with Crippen molar-refractivity contribution in [1.29, 1.82) is 0 Å². The third-order valence-electron chi connectivity index (χ3n) is 3.86. The maximum atomic E-state index is 4.49. The van der Waals surface area contributed by atoms with Crippen molar-refractivity contribution in [2.24, 2.45) is 0 Å². The van der Waals surface area contributed by atoms with Crippen LogP contribution in [-0.2, 0) is 12.8 Å². The van der Waals surface area contributed by atoms with E-state index in [0.717, 1.165) is 22.8 Å². The number of hydrogen-bond donors (Lipinski definition) is 1. The normalized spacial score (nSPS) is 13.5. The summed E-state index contributed by atoms with van der Waals surface area (Å²) >= 11 is 4.15. The van der Waals surface area contributed by atoms with Crippen LogP contribution in [-0.4, -0.2) is 9.97 Å². The Morgan fingerprint density at radius 3 is 2.64 bits per heavy atom.